The van der Waals surface area contributed by atoms with Crippen molar-refractivity contribution in [1.29, 1.82) is 0 Å². The third-order valence-corrected chi connectivity index (χ3v) is 6.05. The summed E-state index contributed by atoms with van der Waals surface area (Å²) in [5.74, 6) is -4.16. The lowest BCUT2D eigenvalue weighted by molar-refractivity contribution is -0.139. The fourth-order valence-corrected chi connectivity index (χ4v) is 4.39. The fourth-order valence-electron chi connectivity index (χ4n) is 3.26. The Hall–Kier alpha value is -3.21. The Morgan fingerprint density at radius 2 is 1.79 bits per heavy atom. The first kappa shape index (κ1) is 24.4. The largest absolute Gasteiger partial charge is 0.482 e. The highest BCUT2D eigenvalue weighted by atomic mass is 32.2. The molecule has 176 valence electrons. The molecule has 1 fully saturated rings. The van der Waals surface area contributed by atoms with E-state index in [9.17, 15) is 27.6 Å². The minimum Gasteiger partial charge on any atom is -0.482 e. The van der Waals surface area contributed by atoms with Crippen LogP contribution in [0.25, 0.3) is 0 Å². The van der Waals surface area contributed by atoms with E-state index in [2.05, 4.69) is 5.32 Å². The van der Waals surface area contributed by atoms with Crippen LogP contribution in [-0.2, 0) is 20.8 Å². The number of amides is 2. The second-order valence-electron chi connectivity index (χ2n) is 7.22. The molecule has 33 heavy (non-hydrogen) atoms. The molecule has 1 saturated heterocycles. The smallest absolute Gasteiger partial charge is 0.341 e. The zero-order chi connectivity index (χ0) is 24.0. The minimum atomic E-state index is -1.27. The monoisotopic (exact) mass is 482 g/mol. The molecule has 2 aromatic rings. The summed E-state index contributed by atoms with van der Waals surface area (Å²) in [5.41, 5.74) is 0.443. The van der Waals surface area contributed by atoms with E-state index >= 15 is 0 Å². The molecule has 0 aromatic heterocycles. The van der Waals surface area contributed by atoms with Gasteiger partial charge in [0.1, 0.15) is 11.6 Å². The SMILES string of the molecule is O=C(O)COc1ccc(NC(=O)C2SCCN2C(=O)CCCc2cc(F)c(F)cc2F)cc1. The molecule has 0 radical (unpaired) electrons. The van der Waals surface area contributed by atoms with Crippen LogP contribution < -0.4 is 10.1 Å². The van der Waals surface area contributed by atoms with E-state index in [4.69, 9.17) is 9.84 Å². The molecular formula is C22H21F3N2O5S. The number of aliphatic carboxylic acids is 1. The van der Waals surface area contributed by atoms with Gasteiger partial charge in [-0.1, -0.05) is 0 Å². The predicted molar refractivity (Wildman–Crippen MR) is 115 cm³/mol. The van der Waals surface area contributed by atoms with Gasteiger partial charge >= 0.3 is 5.97 Å². The van der Waals surface area contributed by atoms with Crippen molar-refractivity contribution in [2.45, 2.75) is 24.6 Å². The van der Waals surface area contributed by atoms with Crippen LogP contribution in [0, 0.1) is 17.5 Å². The van der Waals surface area contributed by atoms with E-state index in [1.165, 1.54) is 28.8 Å². The first-order valence-electron chi connectivity index (χ1n) is 10.0. The average Bonchev–Trinajstić information content (AvgIpc) is 3.27. The summed E-state index contributed by atoms with van der Waals surface area (Å²) >= 11 is 1.31. The highest BCUT2D eigenvalue weighted by Crippen LogP contribution is 2.27. The van der Waals surface area contributed by atoms with Gasteiger partial charge in [0, 0.05) is 30.5 Å². The molecule has 1 atom stereocenters. The molecule has 3 rings (SSSR count). The molecule has 2 N–H and O–H groups in total. The van der Waals surface area contributed by atoms with Gasteiger partial charge in [-0.3, -0.25) is 9.59 Å². The Morgan fingerprint density at radius 1 is 1.09 bits per heavy atom. The highest BCUT2D eigenvalue weighted by Gasteiger charge is 2.34. The highest BCUT2D eigenvalue weighted by molar-refractivity contribution is 8.00. The number of anilines is 1. The molecular weight excluding hydrogens is 461 g/mol. The quantitative estimate of drug-likeness (QED) is 0.532. The number of benzene rings is 2. The number of nitrogens with zero attached hydrogens (tertiary/aromatic N) is 1. The number of aryl methyl sites for hydroxylation is 1. The zero-order valence-corrected chi connectivity index (χ0v) is 18.2. The number of hydrogen-bond donors (Lipinski definition) is 2. The molecule has 0 spiro atoms. The number of hydrogen-bond acceptors (Lipinski definition) is 5. The van der Waals surface area contributed by atoms with Crippen molar-refractivity contribution in [1.82, 2.24) is 4.90 Å². The summed E-state index contributed by atoms with van der Waals surface area (Å²) in [5, 5.41) is 10.6. The molecule has 2 aromatic carbocycles. The summed E-state index contributed by atoms with van der Waals surface area (Å²) in [6.45, 7) is -0.104. The minimum absolute atomic E-state index is 0.0115. The number of rotatable bonds is 9. The van der Waals surface area contributed by atoms with Gasteiger partial charge in [0.2, 0.25) is 5.91 Å². The van der Waals surface area contributed by atoms with Gasteiger partial charge in [-0.15, -0.1) is 11.8 Å². The maximum atomic E-state index is 13.7. The van der Waals surface area contributed by atoms with Crippen molar-refractivity contribution >= 4 is 35.2 Å². The van der Waals surface area contributed by atoms with Gasteiger partial charge in [0.25, 0.3) is 5.91 Å². The normalized spacial score (nSPS) is 15.4. The molecule has 1 aliphatic heterocycles. The second-order valence-corrected chi connectivity index (χ2v) is 8.41. The average molecular weight is 482 g/mol. The summed E-state index contributed by atoms with van der Waals surface area (Å²) in [6, 6.07) is 7.40. The maximum Gasteiger partial charge on any atom is 0.341 e. The second kappa shape index (κ2) is 11.1. The number of carboxylic acid groups (broad SMARTS) is 1. The van der Waals surface area contributed by atoms with Crippen LogP contribution in [0.1, 0.15) is 18.4 Å². The third kappa shape index (κ3) is 6.64. The number of ether oxygens (including phenoxy) is 1. The van der Waals surface area contributed by atoms with Gasteiger partial charge in [-0.25, -0.2) is 18.0 Å². The Morgan fingerprint density at radius 3 is 2.48 bits per heavy atom. The Balaban J connectivity index is 1.52. The van der Waals surface area contributed by atoms with Crippen LogP contribution in [0.3, 0.4) is 0 Å². The molecule has 0 bridgehead atoms. The molecule has 1 heterocycles. The Bertz CT molecular complexity index is 1040. The van der Waals surface area contributed by atoms with E-state index in [0.717, 1.165) is 6.07 Å². The molecule has 0 saturated carbocycles. The van der Waals surface area contributed by atoms with E-state index < -0.39 is 41.3 Å². The van der Waals surface area contributed by atoms with Crippen LogP contribution in [0.2, 0.25) is 0 Å². The molecule has 2 amide bonds. The van der Waals surface area contributed by atoms with Gasteiger partial charge in [-0.2, -0.15) is 0 Å². The summed E-state index contributed by atoms with van der Waals surface area (Å²) < 4.78 is 45.1. The van der Waals surface area contributed by atoms with E-state index in [0.29, 0.717) is 29.8 Å². The number of carbonyl (C=O) groups is 3. The van der Waals surface area contributed by atoms with Crippen LogP contribution in [0.15, 0.2) is 36.4 Å². The van der Waals surface area contributed by atoms with Gasteiger partial charge in [0.15, 0.2) is 23.6 Å². The van der Waals surface area contributed by atoms with Crippen molar-refractivity contribution in [3.8, 4) is 5.75 Å². The van der Waals surface area contributed by atoms with E-state index in [1.807, 2.05) is 0 Å². The number of thioether (sulfide) groups is 1. The first-order chi connectivity index (χ1) is 15.7. The first-order valence-corrected chi connectivity index (χ1v) is 11.1. The van der Waals surface area contributed by atoms with Crippen LogP contribution in [0.5, 0.6) is 5.75 Å². The Kier molecular flexibility index (Phi) is 8.21. The lowest BCUT2D eigenvalue weighted by Gasteiger charge is -2.23. The zero-order valence-electron chi connectivity index (χ0n) is 17.4. The molecule has 7 nitrogen and oxygen atoms in total. The van der Waals surface area contributed by atoms with Crippen molar-refractivity contribution in [3.63, 3.8) is 0 Å². The molecule has 1 aliphatic rings. The van der Waals surface area contributed by atoms with Crippen LogP contribution in [0.4, 0.5) is 18.9 Å². The maximum absolute atomic E-state index is 13.7. The van der Waals surface area contributed by atoms with Crippen LogP contribution >= 0.6 is 11.8 Å². The summed E-state index contributed by atoms with van der Waals surface area (Å²) in [6.07, 6.45) is 0.301. The van der Waals surface area contributed by atoms with Crippen molar-refractivity contribution in [3.05, 3.63) is 59.4 Å². The van der Waals surface area contributed by atoms with E-state index in [1.54, 1.807) is 12.1 Å². The topological polar surface area (TPSA) is 95.9 Å². The number of nitrogens with one attached hydrogen (secondary N) is 1. The van der Waals surface area contributed by atoms with Crippen LogP contribution in [-0.4, -0.2) is 52.1 Å². The van der Waals surface area contributed by atoms with E-state index in [-0.39, 0.29) is 30.7 Å². The number of carboxylic acids is 1. The molecule has 0 aliphatic carbocycles. The van der Waals surface area contributed by atoms with Crippen molar-refractivity contribution in [2.24, 2.45) is 0 Å². The van der Waals surface area contributed by atoms with Gasteiger partial charge in [0.05, 0.1) is 0 Å². The summed E-state index contributed by atoms with van der Waals surface area (Å²) in [4.78, 5) is 37.3. The lowest BCUT2D eigenvalue weighted by Crippen LogP contribution is -2.42. The lowest BCUT2D eigenvalue weighted by atomic mass is 10.1. The van der Waals surface area contributed by atoms with Gasteiger partial charge in [-0.05, 0) is 48.7 Å². The number of carbonyl (C=O) groups excluding carboxylic acids is 2. The van der Waals surface area contributed by atoms with Gasteiger partial charge < -0.3 is 20.1 Å². The molecule has 1 unspecified atom stereocenters. The predicted octanol–water partition coefficient (Wildman–Crippen LogP) is 3.43. The molecule has 11 heteroatoms. The van der Waals surface area contributed by atoms with Crippen molar-refractivity contribution in [2.75, 3.05) is 24.2 Å². The standard InChI is InChI=1S/C22H21F3N2O5S/c23-16-11-18(25)17(24)10-13(16)2-1-3-19(28)27-8-9-33-22(27)21(31)26-14-4-6-15(7-5-14)32-12-20(29)30/h4-7,10-11,22H,1-3,8-9,12H2,(H,26,31)(H,29,30). The number of halogens is 3. The van der Waals surface area contributed by atoms with Crippen molar-refractivity contribution < 1.29 is 37.4 Å². The Labute approximate surface area is 191 Å². The third-order valence-electron chi connectivity index (χ3n) is 4.85. The summed E-state index contributed by atoms with van der Waals surface area (Å²) in [7, 11) is 0. The fraction of sp³-hybridized carbons (Fsp3) is 0.318.